The lowest BCUT2D eigenvalue weighted by Crippen LogP contribution is -2.27. The number of hydrogen-bond acceptors (Lipinski definition) is 6. The number of halogens is 1. The van der Waals surface area contributed by atoms with Crippen molar-refractivity contribution in [3.8, 4) is 17.4 Å². The Hall–Kier alpha value is -3.19. The molecular weight excluding hydrogens is 349 g/mol. The van der Waals surface area contributed by atoms with Crippen LogP contribution in [0.3, 0.4) is 0 Å². The molecule has 0 aliphatic heterocycles. The van der Waals surface area contributed by atoms with Gasteiger partial charge in [-0.3, -0.25) is 0 Å². The zero-order valence-corrected chi connectivity index (χ0v) is 14.8. The van der Waals surface area contributed by atoms with E-state index in [-0.39, 0.29) is 19.0 Å². The fourth-order valence-corrected chi connectivity index (χ4v) is 2.27. The first-order valence-electron chi connectivity index (χ1n) is 8.46. The van der Waals surface area contributed by atoms with E-state index in [2.05, 4.69) is 15.3 Å². The van der Waals surface area contributed by atoms with Gasteiger partial charge in [0.15, 0.2) is 0 Å². The molecule has 1 unspecified atom stereocenters. The Morgan fingerprint density at radius 3 is 2.70 bits per heavy atom. The van der Waals surface area contributed by atoms with Crippen molar-refractivity contribution in [2.24, 2.45) is 0 Å². The van der Waals surface area contributed by atoms with Crippen LogP contribution in [0.25, 0.3) is 0 Å². The van der Waals surface area contributed by atoms with Gasteiger partial charge < -0.3 is 19.9 Å². The smallest absolute Gasteiger partial charge is 0.226 e. The summed E-state index contributed by atoms with van der Waals surface area (Å²) in [6, 6.07) is 14.8. The molecule has 0 saturated carbocycles. The zero-order chi connectivity index (χ0) is 19.1. The minimum absolute atomic E-state index is 0.141. The Labute approximate surface area is 156 Å². The first-order chi connectivity index (χ1) is 13.1. The number of hydrogen-bond donors (Lipinski definition) is 2. The van der Waals surface area contributed by atoms with Crippen LogP contribution in [0.1, 0.15) is 5.56 Å². The number of ether oxygens (including phenoxy) is 2. The Morgan fingerprint density at radius 2 is 1.93 bits per heavy atom. The molecule has 1 atom stereocenters. The molecule has 0 spiro atoms. The predicted molar refractivity (Wildman–Crippen MR) is 99.7 cm³/mol. The highest BCUT2D eigenvalue weighted by Crippen LogP contribution is 2.20. The first kappa shape index (κ1) is 18.6. The zero-order valence-electron chi connectivity index (χ0n) is 14.8. The van der Waals surface area contributed by atoms with Crippen LogP contribution >= 0.6 is 0 Å². The highest BCUT2D eigenvalue weighted by Gasteiger charge is 2.08. The second-order valence-electron chi connectivity index (χ2n) is 5.94. The van der Waals surface area contributed by atoms with Gasteiger partial charge in [-0.15, -0.1) is 0 Å². The average molecular weight is 369 g/mol. The molecule has 0 radical (unpaired) electrons. The third-order valence-electron chi connectivity index (χ3n) is 3.59. The van der Waals surface area contributed by atoms with E-state index in [4.69, 9.17) is 9.47 Å². The fraction of sp³-hybridized carbons (Fsp3) is 0.200. The molecule has 3 rings (SSSR count). The van der Waals surface area contributed by atoms with Gasteiger partial charge >= 0.3 is 0 Å². The van der Waals surface area contributed by atoms with Crippen molar-refractivity contribution in [3.63, 3.8) is 0 Å². The number of anilines is 1. The summed E-state index contributed by atoms with van der Waals surface area (Å²) in [4.78, 5) is 8.29. The number of aromatic nitrogens is 2. The van der Waals surface area contributed by atoms with Gasteiger partial charge in [0.25, 0.3) is 0 Å². The number of rotatable bonds is 8. The van der Waals surface area contributed by atoms with Crippen LogP contribution in [0.15, 0.2) is 60.8 Å². The summed E-state index contributed by atoms with van der Waals surface area (Å²) < 4.78 is 24.0. The van der Waals surface area contributed by atoms with E-state index in [9.17, 15) is 9.50 Å². The van der Waals surface area contributed by atoms with Crippen molar-refractivity contribution < 1.29 is 19.0 Å². The lowest BCUT2D eigenvalue weighted by Gasteiger charge is -2.14. The SMILES string of the molecule is Cc1cccc(OCC(O)CNc2nccc(Oc3ccc(F)cc3)n2)c1. The number of benzene rings is 2. The maximum atomic E-state index is 12.9. The lowest BCUT2D eigenvalue weighted by molar-refractivity contribution is 0.117. The first-order valence-corrected chi connectivity index (χ1v) is 8.46. The summed E-state index contributed by atoms with van der Waals surface area (Å²) in [5.41, 5.74) is 1.09. The molecule has 6 nitrogen and oxygen atoms in total. The Kier molecular flexibility index (Phi) is 6.17. The molecule has 1 aromatic heterocycles. The molecule has 0 fully saturated rings. The Balaban J connectivity index is 1.49. The van der Waals surface area contributed by atoms with Crippen LogP contribution in [0.2, 0.25) is 0 Å². The van der Waals surface area contributed by atoms with Gasteiger partial charge in [0.1, 0.15) is 30.0 Å². The molecule has 0 amide bonds. The van der Waals surface area contributed by atoms with Crippen LogP contribution in [0.4, 0.5) is 10.3 Å². The van der Waals surface area contributed by atoms with Gasteiger partial charge in [0, 0.05) is 18.8 Å². The summed E-state index contributed by atoms with van der Waals surface area (Å²) in [5, 5.41) is 13.0. The summed E-state index contributed by atoms with van der Waals surface area (Å²) in [7, 11) is 0. The number of aliphatic hydroxyl groups excluding tert-OH is 1. The quantitative estimate of drug-likeness (QED) is 0.632. The normalized spacial score (nSPS) is 11.7. The molecule has 1 heterocycles. The highest BCUT2D eigenvalue weighted by atomic mass is 19.1. The highest BCUT2D eigenvalue weighted by molar-refractivity contribution is 5.32. The van der Waals surface area contributed by atoms with E-state index in [1.807, 2.05) is 31.2 Å². The summed E-state index contributed by atoms with van der Waals surface area (Å²) in [5.74, 6) is 1.45. The van der Waals surface area contributed by atoms with Crippen LogP contribution in [-0.2, 0) is 0 Å². The summed E-state index contributed by atoms with van der Waals surface area (Å²) >= 11 is 0. The third-order valence-corrected chi connectivity index (χ3v) is 3.59. The van der Waals surface area contributed by atoms with Gasteiger partial charge in [0.05, 0.1) is 0 Å². The number of nitrogens with one attached hydrogen (secondary N) is 1. The third kappa shape index (κ3) is 5.93. The van der Waals surface area contributed by atoms with E-state index in [0.717, 1.165) is 5.56 Å². The second-order valence-corrected chi connectivity index (χ2v) is 5.94. The van der Waals surface area contributed by atoms with E-state index < -0.39 is 6.10 Å². The van der Waals surface area contributed by atoms with Gasteiger partial charge in [-0.05, 0) is 48.9 Å². The lowest BCUT2D eigenvalue weighted by atomic mass is 10.2. The van der Waals surface area contributed by atoms with Crippen molar-refractivity contribution in [3.05, 3.63) is 72.2 Å². The Bertz CT molecular complexity index is 874. The van der Waals surface area contributed by atoms with Crippen LogP contribution in [0.5, 0.6) is 17.4 Å². The van der Waals surface area contributed by atoms with E-state index in [1.165, 1.54) is 30.5 Å². The topological polar surface area (TPSA) is 76.5 Å². The van der Waals surface area contributed by atoms with Crippen molar-refractivity contribution in [2.45, 2.75) is 13.0 Å². The number of aliphatic hydroxyl groups is 1. The molecule has 2 N–H and O–H groups in total. The Morgan fingerprint density at radius 1 is 1.11 bits per heavy atom. The standard InChI is InChI=1S/C20H20FN3O3/c1-14-3-2-4-18(11-14)26-13-16(25)12-23-20-22-10-9-19(24-20)27-17-7-5-15(21)6-8-17/h2-11,16,25H,12-13H2,1H3,(H,22,23,24). The van der Waals surface area contributed by atoms with E-state index in [0.29, 0.717) is 23.3 Å². The predicted octanol–water partition coefficient (Wildman–Crippen LogP) is 3.57. The fourth-order valence-electron chi connectivity index (χ4n) is 2.27. The monoisotopic (exact) mass is 369 g/mol. The van der Waals surface area contributed by atoms with Crippen molar-refractivity contribution in [1.29, 1.82) is 0 Å². The molecule has 7 heteroatoms. The van der Waals surface area contributed by atoms with Gasteiger partial charge in [0.2, 0.25) is 11.8 Å². The molecule has 3 aromatic rings. The van der Waals surface area contributed by atoms with Crippen molar-refractivity contribution >= 4 is 5.95 Å². The van der Waals surface area contributed by atoms with Crippen LogP contribution in [0, 0.1) is 12.7 Å². The molecule has 0 aliphatic rings. The molecule has 0 aliphatic carbocycles. The maximum absolute atomic E-state index is 12.9. The molecule has 0 saturated heterocycles. The minimum atomic E-state index is -0.740. The van der Waals surface area contributed by atoms with Gasteiger partial charge in [-0.25, -0.2) is 9.37 Å². The van der Waals surface area contributed by atoms with Crippen LogP contribution < -0.4 is 14.8 Å². The molecule has 27 heavy (non-hydrogen) atoms. The van der Waals surface area contributed by atoms with Crippen molar-refractivity contribution in [2.75, 3.05) is 18.5 Å². The average Bonchev–Trinajstić information content (AvgIpc) is 2.67. The van der Waals surface area contributed by atoms with Crippen molar-refractivity contribution in [1.82, 2.24) is 9.97 Å². The molecule has 0 bridgehead atoms. The molecule has 140 valence electrons. The van der Waals surface area contributed by atoms with E-state index >= 15 is 0 Å². The maximum Gasteiger partial charge on any atom is 0.226 e. The molecular formula is C20H20FN3O3. The largest absolute Gasteiger partial charge is 0.491 e. The van der Waals surface area contributed by atoms with Crippen LogP contribution in [-0.4, -0.2) is 34.3 Å². The molecule has 2 aromatic carbocycles. The van der Waals surface area contributed by atoms with Gasteiger partial charge in [-0.2, -0.15) is 4.98 Å². The summed E-state index contributed by atoms with van der Waals surface area (Å²) in [6.45, 7) is 2.33. The second kappa shape index (κ2) is 8.95. The summed E-state index contributed by atoms with van der Waals surface area (Å²) in [6.07, 6.45) is 0.792. The minimum Gasteiger partial charge on any atom is -0.491 e. The van der Waals surface area contributed by atoms with Gasteiger partial charge in [-0.1, -0.05) is 12.1 Å². The number of aryl methyl sites for hydroxylation is 1. The van der Waals surface area contributed by atoms with E-state index in [1.54, 1.807) is 6.07 Å². The number of nitrogens with zero attached hydrogens (tertiary/aromatic N) is 2.